The zero-order valence-electron chi connectivity index (χ0n) is 13.6. The van der Waals surface area contributed by atoms with Crippen molar-refractivity contribution in [2.45, 2.75) is 6.04 Å². The standard InChI is InChI=1S/C16H20N2O4S2/c1-18(2)24(20,21)10-11-7-22-8-14(11)17-16(19)13-9-23-15-6-4-3-5-12(13)15/h3-6,9,11,14H,7-8,10H2,1-2H3,(H,17,19)/t11-,14+/m0/s1. The number of fused-ring (bicyclic) bond motifs is 1. The first-order chi connectivity index (χ1) is 11.4. The van der Waals surface area contributed by atoms with Gasteiger partial charge in [0.25, 0.3) is 5.91 Å². The van der Waals surface area contributed by atoms with Crippen LogP contribution in [-0.2, 0) is 14.8 Å². The molecule has 1 fully saturated rings. The number of benzene rings is 1. The largest absolute Gasteiger partial charge is 0.379 e. The molecular weight excluding hydrogens is 348 g/mol. The van der Waals surface area contributed by atoms with Crippen molar-refractivity contribution in [3.8, 4) is 0 Å². The van der Waals surface area contributed by atoms with E-state index in [0.717, 1.165) is 10.1 Å². The van der Waals surface area contributed by atoms with Gasteiger partial charge < -0.3 is 10.1 Å². The molecule has 8 heteroatoms. The summed E-state index contributed by atoms with van der Waals surface area (Å²) in [5.41, 5.74) is 0.622. The Bertz CT molecular complexity index is 845. The number of sulfonamides is 1. The van der Waals surface area contributed by atoms with Crippen molar-refractivity contribution in [2.75, 3.05) is 33.1 Å². The Morgan fingerprint density at radius 1 is 1.33 bits per heavy atom. The number of amides is 1. The minimum Gasteiger partial charge on any atom is -0.379 e. The van der Waals surface area contributed by atoms with Gasteiger partial charge in [-0.15, -0.1) is 11.3 Å². The van der Waals surface area contributed by atoms with Crippen LogP contribution in [0.5, 0.6) is 0 Å². The third-order valence-electron chi connectivity index (χ3n) is 4.22. The second-order valence-corrected chi connectivity index (χ2v) is 9.22. The van der Waals surface area contributed by atoms with Crippen molar-refractivity contribution in [3.05, 3.63) is 35.2 Å². The quantitative estimate of drug-likeness (QED) is 0.869. The summed E-state index contributed by atoms with van der Waals surface area (Å²) in [6.07, 6.45) is 0. The number of thiophene rings is 1. The molecular formula is C16H20N2O4S2. The molecule has 2 aromatic rings. The second-order valence-electron chi connectivity index (χ2n) is 6.08. The molecule has 1 aliphatic heterocycles. The van der Waals surface area contributed by atoms with E-state index < -0.39 is 10.0 Å². The lowest BCUT2D eigenvalue weighted by molar-refractivity contribution is 0.0928. The van der Waals surface area contributed by atoms with E-state index >= 15 is 0 Å². The number of ether oxygens (including phenoxy) is 1. The second kappa shape index (κ2) is 6.79. The average molecular weight is 368 g/mol. The monoisotopic (exact) mass is 368 g/mol. The number of hydrogen-bond donors (Lipinski definition) is 1. The Hall–Kier alpha value is -1.48. The van der Waals surface area contributed by atoms with Crippen molar-refractivity contribution in [1.82, 2.24) is 9.62 Å². The molecule has 6 nitrogen and oxygen atoms in total. The molecule has 1 N–H and O–H groups in total. The van der Waals surface area contributed by atoms with Gasteiger partial charge in [0.05, 0.1) is 30.6 Å². The van der Waals surface area contributed by atoms with Crippen LogP contribution in [0.3, 0.4) is 0 Å². The summed E-state index contributed by atoms with van der Waals surface area (Å²) in [4.78, 5) is 12.6. The number of nitrogens with zero attached hydrogens (tertiary/aromatic N) is 1. The van der Waals surface area contributed by atoms with E-state index in [1.165, 1.54) is 29.7 Å². The number of rotatable bonds is 5. The Balaban J connectivity index is 1.74. The molecule has 0 aliphatic carbocycles. The van der Waals surface area contributed by atoms with E-state index in [-0.39, 0.29) is 23.6 Å². The van der Waals surface area contributed by atoms with Gasteiger partial charge in [-0.25, -0.2) is 12.7 Å². The van der Waals surface area contributed by atoms with Crippen LogP contribution in [0, 0.1) is 5.92 Å². The average Bonchev–Trinajstić information content (AvgIpc) is 3.13. The maximum absolute atomic E-state index is 12.6. The van der Waals surface area contributed by atoms with Gasteiger partial charge in [-0.1, -0.05) is 18.2 Å². The molecule has 0 bridgehead atoms. The molecule has 1 aromatic carbocycles. The lowest BCUT2D eigenvalue weighted by atomic mass is 10.1. The molecule has 1 aliphatic rings. The molecule has 2 heterocycles. The van der Waals surface area contributed by atoms with Crippen LogP contribution in [0.25, 0.3) is 10.1 Å². The van der Waals surface area contributed by atoms with Crippen molar-refractivity contribution in [2.24, 2.45) is 5.92 Å². The highest BCUT2D eigenvalue weighted by Gasteiger charge is 2.34. The summed E-state index contributed by atoms with van der Waals surface area (Å²) in [6, 6.07) is 7.43. The number of nitrogens with one attached hydrogen (secondary N) is 1. The van der Waals surface area contributed by atoms with Gasteiger partial charge in [0.1, 0.15) is 0 Å². The summed E-state index contributed by atoms with van der Waals surface area (Å²) in [7, 11) is -0.314. The van der Waals surface area contributed by atoms with Gasteiger partial charge in [0.2, 0.25) is 10.0 Å². The summed E-state index contributed by atoms with van der Waals surface area (Å²) in [6.45, 7) is 0.670. The van der Waals surface area contributed by atoms with Crippen LogP contribution < -0.4 is 5.32 Å². The van der Waals surface area contributed by atoms with Gasteiger partial charge in [-0.3, -0.25) is 4.79 Å². The topological polar surface area (TPSA) is 75.7 Å². The van der Waals surface area contributed by atoms with Crippen molar-refractivity contribution in [1.29, 1.82) is 0 Å². The molecule has 1 aromatic heterocycles. The first-order valence-electron chi connectivity index (χ1n) is 7.63. The number of hydrogen-bond acceptors (Lipinski definition) is 5. The molecule has 2 atom stereocenters. The van der Waals surface area contributed by atoms with E-state index in [0.29, 0.717) is 18.8 Å². The van der Waals surface area contributed by atoms with Crippen LogP contribution in [0.1, 0.15) is 10.4 Å². The van der Waals surface area contributed by atoms with E-state index in [9.17, 15) is 13.2 Å². The minimum atomic E-state index is -3.33. The Kier molecular flexibility index (Phi) is 4.91. The molecule has 24 heavy (non-hydrogen) atoms. The molecule has 0 unspecified atom stereocenters. The highest BCUT2D eigenvalue weighted by Crippen LogP contribution is 2.26. The van der Waals surface area contributed by atoms with Crippen molar-refractivity contribution in [3.63, 3.8) is 0 Å². The van der Waals surface area contributed by atoms with Gasteiger partial charge in [0, 0.05) is 35.5 Å². The fourth-order valence-electron chi connectivity index (χ4n) is 2.74. The summed E-state index contributed by atoms with van der Waals surface area (Å²) in [5.74, 6) is -0.462. The summed E-state index contributed by atoms with van der Waals surface area (Å²) in [5, 5.41) is 5.69. The third-order valence-corrected chi connectivity index (χ3v) is 7.15. The zero-order valence-corrected chi connectivity index (χ0v) is 15.2. The summed E-state index contributed by atoms with van der Waals surface area (Å²) >= 11 is 1.52. The first kappa shape index (κ1) is 17.3. The third kappa shape index (κ3) is 3.46. The molecule has 0 radical (unpaired) electrons. The Morgan fingerprint density at radius 2 is 2.08 bits per heavy atom. The van der Waals surface area contributed by atoms with Crippen LogP contribution in [0.2, 0.25) is 0 Å². The maximum Gasteiger partial charge on any atom is 0.253 e. The summed E-state index contributed by atoms with van der Waals surface area (Å²) < 4.78 is 31.8. The molecule has 0 spiro atoms. The van der Waals surface area contributed by atoms with Gasteiger partial charge >= 0.3 is 0 Å². The molecule has 1 amide bonds. The molecule has 0 saturated carbocycles. The molecule has 1 saturated heterocycles. The lowest BCUT2D eigenvalue weighted by Crippen LogP contribution is -2.43. The number of carbonyl (C=O) groups is 1. The highest BCUT2D eigenvalue weighted by molar-refractivity contribution is 7.89. The number of carbonyl (C=O) groups excluding carboxylic acids is 1. The zero-order chi connectivity index (χ0) is 17.3. The van der Waals surface area contributed by atoms with E-state index in [1.807, 2.05) is 29.6 Å². The van der Waals surface area contributed by atoms with Crippen LogP contribution in [-0.4, -0.2) is 57.7 Å². The Labute approximate surface area is 145 Å². The molecule has 130 valence electrons. The fourth-order valence-corrected chi connectivity index (χ4v) is 4.85. The fraction of sp³-hybridized carbons (Fsp3) is 0.438. The van der Waals surface area contributed by atoms with E-state index in [2.05, 4.69) is 5.32 Å². The molecule has 3 rings (SSSR count). The van der Waals surface area contributed by atoms with Crippen molar-refractivity contribution < 1.29 is 17.9 Å². The highest BCUT2D eigenvalue weighted by atomic mass is 32.2. The van der Waals surface area contributed by atoms with Gasteiger partial charge in [-0.2, -0.15) is 0 Å². The van der Waals surface area contributed by atoms with Crippen LogP contribution in [0.15, 0.2) is 29.6 Å². The van der Waals surface area contributed by atoms with E-state index in [1.54, 1.807) is 0 Å². The van der Waals surface area contributed by atoms with Crippen LogP contribution >= 0.6 is 11.3 Å². The van der Waals surface area contributed by atoms with E-state index in [4.69, 9.17) is 4.74 Å². The van der Waals surface area contributed by atoms with Crippen LogP contribution in [0.4, 0.5) is 0 Å². The SMILES string of the molecule is CN(C)S(=O)(=O)C[C@@H]1COC[C@H]1NC(=O)c1csc2ccccc12. The predicted molar refractivity (Wildman–Crippen MR) is 94.9 cm³/mol. The smallest absolute Gasteiger partial charge is 0.253 e. The van der Waals surface area contributed by atoms with Crippen molar-refractivity contribution >= 4 is 37.4 Å². The first-order valence-corrected chi connectivity index (χ1v) is 10.1. The van der Waals surface area contributed by atoms with Gasteiger partial charge in [-0.05, 0) is 6.07 Å². The predicted octanol–water partition coefficient (Wildman–Crippen LogP) is 1.54. The minimum absolute atomic E-state index is 0.0324. The Morgan fingerprint density at radius 3 is 2.83 bits per heavy atom. The lowest BCUT2D eigenvalue weighted by Gasteiger charge is -2.21. The normalized spacial score (nSPS) is 21.5. The van der Waals surface area contributed by atoms with Gasteiger partial charge in [0.15, 0.2) is 0 Å². The maximum atomic E-state index is 12.6.